The predicted molar refractivity (Wildman–Crippen MR) is 87.0 cm³/mol. The van der Waals surface area contributed by atoms with Gasteiger partial charge in [-0.25, -0.2) is 9.59 Å². The summed E-state index contributed by atoms with van der Waals surface area (Å²) >= 11 is 0. The zero-order valence-electron chi connectivity index (χ0n) is 12.9. The highest BCUT2D eigenvalue weighted by Crippen LogP contribution is 2.03. The molecule has 0 spiro atoms. The number of carboxylic acid groups (broad SMARTS) is 1. The first-order valence-electron chi connectivity index (χ1n) is 7.10. The topological polar surface area (TPSA) is 139 Å². The Labute approximate surface area is 141 Å². The second-order valence-corrected chi connectivity index (χ2v) is 4.70. The van der Waals surface area contributed by atoms with Crippen molar-refractivity contribution >= 4 is 36.0 Å². The van der Waals surface area contributed by atoms with Crippen LogP contribution in [-0.4, -0.2) is 54.4 Å². The van der Waals surface area contributed by atoms with Crippen molar-refractivity contribution in [2.45, 2.75) is 6.42 Å². The molecule has 2 rings (SSSR count). The van der Waals surface area contributed by atoms with Gasteiger partial charge in [-0.1, -0.05) is 22.4 Å². The number of carboxylic acids is 1. The number of carbonyl (C=O) groups is 3. The average Bonchev–Trinajstić information content (AvgIpc) is 2.56. The van der Waals surface area contributed by atoms with Crippen LogP contribution in [0.2, 0.25) is 0 Å². The zero-order valence-corrected chi connectivity index (χ0v) is 12.9. The highest BCUT2D eigenvalue weighted by Gasteiger charge is 2.16. The summed E-state index contributed by atoms with van der Waals surface area (Å²) in [6.45, 7) is 0.175. The number of amides is 3. The van der Waals surface area contributed by atoms with Crippen LogP contribution in [0.4, 0.5) is 4.79 Å². The Morgan fingerprint density at radius 1 is 1.24 bits per heavy atom. The molecule has 1 aromatic rings. The van der Waals surface area contributed by atoms with Crippen molar-refractivity contribution in [1.82, 2.24) is 5.32 Å². The molecule has 0 fully saturated rings. The molecule has 10 nitrogen and oxygen atoms in total. The van der Waals surface area contributed by atoms with E-state index in [9.17, 15) is 14.4 Å². The molecule has 1 aliphatic heterocycles. The number of nitrogens with one attached hydrogen (secondary N) is 1. The Morgan fingerprint density at radius 2 is 1.96 bits per heavy atom. The normalized spacial score (nSPS) is 14.5. The molecule has 10 heteroatoms. The van der Waals surface area contributed by atoms with E-state index in [4.69, 9.17) is 14.8 Å². The SMILES string of the molecule is O=C1CC(/C=N/OCCO/N=C/c2cccc(C(=O)O)c2)=NC(=O)N1. The van der Waals surface area contributed by atoms with Gasteiger partial charge in [-0.3, -0.25) is 10.1 Å². The van der Waals surface area contributed by atoms with E-state index in [2.05, 4.69) is 15.3 Å². The maximum Gasteiger partial charge on any atom is 0.347 e. The van der Waals surface area contributed by atoms with E-state index in [1.54, 1.807) is 12.1 Å². The van der Waals surface area contributed by atoms with Gasteiger partial charge in [-0.15, -0.1) is 0 Å². The molecule has 130 valence electrons. The fourth-order valence-corrected chi connectivity index (χ4v) is 1.73. The first-order chi connectivity index (χ1) is 12.0. The first kappa shape index (κ1) is 17.8. The average molecular weight is 346 g/mol. The summed E-state index contributed by atoms with van der Waals surface area (Å²) in [6, 6.07) is 5.48. The predicted octanol–water partition coefficient (Wildman–Crippen LogP) is 0.819. The minimum Gasteiger partial charge on any atom is -0.478 e. The highest BCUT2D eigenvalue weighted by atomic mass is 16.7. The van der Waals surface area contributed by atoms with Crippen molar-refractivity contribution in [3.8, 4) is 0 Å². The summed E-state index contributed by atoms with van der Waals surface area (Å²) in [5.74, 6) is -1.48. The molecule has 1 aliphatic rings. The zero-order chi connectivity index (χ0) is 18.1. The van der Waals surface area contributed by atoms with E-state index < -0.39 is 17.9 Å². The summed E-state index contributed by atoms with van der Waals surface area (Å²) in [5, 5.41) is 18.1. The van der Waals surface area contributed by atoms with Crippen LogP contribution in [0.15, 0.2) is 39.6 Å². The number of carbonyl (C=O) groups excluding carboxylic acids is 2. The van der Waals surface area contributed by atoms with E-state index in [0.29, 0.717) is 5.56 Å². The highest BCUT2D eigenvalue weighted by molar-refractivity contribution is 6.38. The van der Waals surface area contributed by atoms with Crippen molar-refractivity contribution < 1.29 is 29.2 Å². The van der Waals surface area contributed by atoms with Gasteiger partial charge in [0, 0.05) is 0 Å². The van der Waals surface area contributed by atoms with E-state index in [0.717, 1.165) is 0 Å². The quantitative estimate of drug-likeness (QED) is 0.406. The molecule has 1 aromatic carbocycles. The van der Waals surface area contributed by atoms with Gasteiger partial charge in [0.1, 0.15) is 0 Å². The lowest BCUT2D eigenvalue weighted by Gasteiger charge is -2.06. The van der Waals surface area contributed by atoms with Crippen LogP contribution < -0.4 is 5.32 Å². The second-order valence-electron chi connectivity index (χ2n) is 4.70. The first-order valence-corrected chi connectivity index (χ1v) is 7.10. The number of rotatable bonds is 8. The fourth-order valence-electron chi connectivity index (χ4n) is 1.73. The number of urea groups is 1. The van der Waals surface area contributed by atoms with Crippen LogP contribution in [0.25, 0.3) is 0 Å². The number of hydrogen-bond acceptors (Lipinski definition) is 7. The molecule has 0 radical (unpaired) electrons. The molecule has 0 bridgehead atoms. The van der Waals surface area contributed by atoms with Gasteiger partial charge >= 0.3 is 12.0 Å². The standard InChI is InChI=1S/C15H14N4O6/c20-13-7-12(18-15(23)19-13)9-17-25-5-4-24-16-8-10-2-1-3-11(6-10)14(21)22/h1-3,6,8-9H,4-5,7H2,(H,21,22)(H,19,20,23)/b16-8+,17-9+. The lowest BCUT2D eigenvalue weighted by Crippen LogP contribution is -2.35. The molecule has 0 aliphatic carbocycles. The van der Waals surface area contributed by atoms with Gasteiger partial charge in [0.25, 0.3) is 0 Å². The van der Waals surface area contributed by atoms with E-state index in [1.165, 1.54) is 24.6 Å². The minimum atomic E-state index is -1.02. The number of imide groups is 1. The Morgan fingerprint density at radius 3 is 2.64 bits per heavy atom. The molecule has 0 unspecified atom stereocenters. The van der Waals surface area contributed by atoms with Crippen LogP contribution in [0.3, 0.4) is 0 Å². The van der Waals surface area contributed by atoms with Crippen LogP contribution in [-0.2, 0) is 14.5 Å². The number of nitrogens with zero attached hydrogens (tertiary/aromatic N) is 3. The fraction of sp³-hybridized carbons (Fsp3) is 0.200. The third-order valence-corrected chi connectivity index (χ3v) is 2.79. The Hall–Kier alpha value is -3.56. The largest absolute Gasteiger partial charge is 0.478 e. The lowest BCUT2D eigenvalue weighted by molar-refractivity contribution is -0.118. The molecule has 0 atom stereocenters. The van der Waals surface area contributed by atoms with E-state index in [-0.39, 0.29) is 30.9 Å². The van der Waals surface area contributed by atoms with Gasteiger partial charge < -0.3 is 14.8 Å². The molecule has 0 aromatic heterocycles. The molecule has 2 N–H and O–H groups in total. The number of aliphatic imine (C=N–C) groups is 1. The maximum atomic E-state index is 11.1. The smallest absolute Gasteiger partial charge is 0.347 e. The van der Waals surface area contributed by atoms with Crippen molar-refractivity contribution in [2.75, 3.05) is 13.2 Å². The molecule has 0 saturated heterocycles. The monoisotopic (exact) mass is 346 g/mol. The maximum absolute atomic E-state index is 11.1. The van der Waals surface area contributed by atoms with Crippen LogP contribution in [0.1, 0.15) is 22.3 Å². The second kappa shape index (κ2) is 8.91. The molecular weight excluding hydrogens is 332 g/mol. The summed E-state index contributed by atoms with van der Waals surface area (Å²) in [4.78, 5) is 46.3. The third-order valence-electron chi connectivity index (χ3n) is 2.79. The molecule has 1 heterocycles. The Bertz CT molecular complexity index is 756. The van der Waals surface area contributed by atoms with Crippen molar-refractivity contribution in [3.63, 3.8) is 0 Å². The van der Waals surface area contributed by atoms with Crippen molar-refractivity contribution in [1.29, 1.82) is 0 Å². The summed E-state index contributed by atoms with van der Waals surface area (Å²) < 4.78 is 0. The Kier molecular flexibility index (Phi) is 6.34. The number of benzene rings is 1. The van der Waals surface area contributed by atoms with Crippen molar-refractivity contribution in [3.05, 3.63) is 35.4 Å². The number of oxime groups is 2. The van der Waals surface area contributed by atoms with Gasteiger partial charge in [0.15, 0.2) is 13.2 Å². The van der Waals surface area contributed by atoms with Gasteiger partial charge in [-0.05, 0) is 17.7 Å². The van der Waals surface area contributed by atoms with Gasteiger partial charge in [-0.2, -0.15) is 4.99 Å². The van der Waals surface area contributed by atoms with Crippen molar-refractivity contribution in [2.24, 2.45) is 15.3 Å². The molecule has 0 saturated carbocycles. The number of aromatic carboxylic acids is 1. The van der Waals surface area contributed by atoms with E-state index in [1.807, 2.05) is 5.32 Å². The molecule has 25 heavy (non-hydrogen) atoms. The lowest BCUT2D eigenvalue weighted by atomic mass is 10.1. The van der Waals surface area contributed by atoms with E-state index >= 15 is 0 Å². The molecule has 3 amide bonds. The number of hydrogen-bond donors (Lipinski definition) is 2. The third kappa shape index (κ3) is 6.22. The van der Waals surface area contributed by atoms with Crippen LogP contribution in [0.5, 0.6) is 0 Å². The van der Waals surface area contributed by atoms with Gasteiger partial charge in [0.05, 0.1) is 30.1 Å². The van der Waals surface area contributed by atoms with Crippen LogP contribution >= 0.6 is 0 Å². The summed E-state index contributed by atoms with van der Waals surface area (Å²) in [7, 11) is 0. The summed E-state index contributed by atoms with van der Waals surface area (Å²) in [5.41, 5.74) is 0.933. The summed E-state index contributed by atoms with van der Waals surface area (Å²) in [6.07, 6.45) is 2.50. The Balaban J connectivity index is 1.67. The van der Waals surface area contributed by atoms with Gasteiger partial charge in [0.2, 0.25) is 5.91 Å². The minimum absolute atomic E-state index is 0.0468. The van der Waals surface area contributed by atoms with Crippen LogP contribution in [0, 0.1) is 0 Å². The molecular formula is C15H14N4O6.